The summed E-state index contributed by atoms with van der Waals surface area (Å²) in [5.41, 5.74) is 1.30. The van der Waals surface area contributed by atoms with Crippen LogP contribution in [0.3, 0.4) is 0 Å². The molecule has 2 unspecified atom stereocenters. The number of aromatic nitrogens is 4. The monoisotopic (exact) mass is 281 g/mol. The van der Waals surface area contributed by atoms with E-state index in [0.29, 0.717) is 11.5 Å². The van der Waals surface area contributed by atoms with Crippen LogP contribution in [-0.2, 0) is 0 Å². The Balaban J connectivity index is 2.00. The van der Waals surface area contributed by atoms with Gasteiger partial charge in [-0.15, -0.1) is 0 Å². The number of nitrogens with zero attached hydrogens (tertiary/aromatic N) is 4. The fourth-order valence-electron chi connectivity index (χ4n) is 2.75. The predicted octanol–water partition coefficient (Wildman–Crippen LogP) is 1.75. The molecule has 0 amide bonds. The fraction of sp³-hybridized carbons (Fsp3) is 0.583. The highest BCUT2D eigenvalue weighted by atomic mass is 35.5. The molecule has 0 aromatic carbocycles. The van der Waals surface area contributed by atoms with Gasteiger partial charge in [0.25, 0.3) is 0 Å². The van der Waals surface area contributed by atoms with E-state index in [9.17, 15) is 5.11 Å². The number of hydrogen-bond acceptors (Lipinski definition) is 5. The van der Waals surface area contributed by atoms with E-state index in [4.69, 9.17) is 11.6 Å². The zero-order valence-corrected chi connectivity index (χ0v) is 11.4. The molecule has 0 radical (unpaired) electrons. The molecule has 2 aromatic heterocycles. The van der Waals surface area contributed by atoms with E-state index >= 15 is 0 Å². The van der Waals surface area contributed by atoms with Gasteiger partial charge in [0.15, 0.2) is 11.5 Å². The molecule has 1 saturated carbocycles. The van der Waals surface area contributed by atoms with Crippen LogP contribution in [0.2, 0.25) is 5.28 Å². The number of aliphatic hydroxyl groups is 1. The standard InChI is InChI=1S/C12H16ClN5O/c1-18(7-4-2-3-5-8(7)19)11-9-10(15-6-14-9)16-12(13)17-11/h6-8,19H,2-5H2,1H3,(H,14,15,16,17). The van der Waals surface area contributed by atoms with Crippen molar-refractivity contribution in [3.8, 4) is 0 Å². The number of imidazole rings is 1. The maximum Gasteiger partial charge on any atom is 0.226 e. The molecule has 3 rings (SSSR count). The normalized spacial score (nSPS) is 23.7. The largest absolute Gasteiger partial charge is 0.391 e. The molecule has 102 valence electrons. The van der Waals surface area contributed by atoms with Crippen molar-refractivity contribution in [3.05, 3.63) is 11.6 Å². The lowest BCUT2D eigenvalue weighted by atomic mass is 9.91. The van der Waals surface area contributed by atoms with Crippen LogP contribution in [0.1, 0.15) is 25.7 Å². The molecule has 2 heterocycles. The first kappa shape index (κ1) is 12.6. The zero-order valence-electron chi connectivity index (χ0n) is 10.7. The number of nitrogens with one attached hydrogen (secondary N) is 1. The predicted molar refractivity (Wildman–Crippen MR) is 73.4 cm³/mol. The Morgan fingerprint density at radius 3 is 2.95 bits per heavy atom. The number of aromatic amines is 1. The molecule has 19 heavy (non-hydrogen) atoms. The number of hydrogen-bond donors (Lipinski definition) is 2. The van der Waals surface area contributed by atoms with Crippen molar-refractivity contribution >= 4 is 28.6 Å². The first-order valence-corrected chi connectivity index (χ1v) is 6.82. The van der Waals surface area contributed by atoms with Gasteiger partial charge in [-0.1, -0.05) is 12.8 Å². The molecule has 2 N–H and O–H groups in total. The molecular formula is C12H16ClN5O. The second-order valence-electron chi connectivity index (χ2n) is 4.95. The van der Waals surface area contributed by atoms with Crippen molar-refractivity contribution < 1.29 is 5.11 Å². The number of halogens is 1. The van der Waals surface area contributed by atoms with Crippen molar-refractivity contribution in [2.45, 2.75) is 37.8 Å². The van der Waals surface area contributed by atoms with Gasteiger partial charge in [0.2, 0.25) is 5.28 Å². The second-order valence-corrected chi connectivity index (χ2v) is 5.29. The maximum absolute atomic E-state index is 10.1. The quantitative estimate of drug-likeness (QED) is 0.820. The van der Waals surface area contributed by atoms with E-state index in [-0.39, 0.29) is 17.4 Å². The van der Waals surface area contributed by atoms with Gasteiger partial charge >= 0.3 is 0 Å². The van der Waals surface area contributed by atoms with Crippen LogP contribution >= 0.6 is 11.6 Å². The Bertz CT molecular complexity index is 587. The average molecular weight is 282 g/mol. The van der Waals surface area contributed by atoms with Crippen LogP contribution in [0, 0.1) is 0 Å². The van der Waals surface area contributed by atoms with Crippen LogP contribution in [-0.4, -0.2) is 44.2 Å². The fourth-order valence-corrected chi connectivity index (χ4v) is 2.91. The van der Waals surface area contributed by atoms with E-state index in [2.05, 4.69) is 19.9 Å². The third kappa shape index (κ3) is 2.26. The van der Waals surface area contributed by atoms with Gasteiger partial charge in [-0.05, 0) is 24.4 Å². The minimum absolute atomic E-state index is 0.0613. The van der Waals surface area contributed by atoms with Crippen LogP contribution in [0.4, 0.5) is 5.82 Å². The van der Waals surface area contributed by atoms with E-state index in [0.717, 1.165) is 31.2 Å². The molecule has 2 atom stereocenters. The smallest absolute Gasteiger partial charge is 0.226 e. The molecule has 2 aromatic rings. The van der Waals surface area contributed by atoms with Gasteiger partial charge in [0.1, 0.15) is 5.52 Å². The molecule has 1 fully saturated rings. The third-order valence-corrected chi connectivity index (χ3v) is 3.93. The Morgan fingerprint density at radius 1 is 1.37 bits per heavy atom. The highest BCUT2D eigenvalue weighted by Gasteiger charge is 2.29. The Kier molecular flexibility index (Phi) is 3.28. The summed E-state index contributed by atoms with van der Waals surface area (Å²) < 4.78 is 0. The van der Waals surface area contributed by atoms with Crippen molar-refractivity contribution in [2.24, 2.45) is 0 Å². The van der Waals surface area contributed by atoms with Gasteiger partial charge in [0.05, 0.1) is 18.5 Å². The van der Waals surface area contributed by atoms with Crippen LogP contribution in [0.25, 0.3) is 11.2 Å². The van der Waals surface area contributed by atoms with Crippen LogP contribution in [0.5, 0.6) is 0 Å². The summed E-state index contributed by atoms with van der Waals surface area (Å²) in [5, 5.41) is 10.3. The first-order chi connectivity index (χ1) is 9.16. The second kappa shape index (κ2) is 4.94. The number of aliphatic hydroxyl groups excluding tert-OH is 1. The molecular weight excluding hydrogens is 266 g/mol. The number of H-pyrrole nitrogens is 1. The summed E-state index contributed by atoms with van der Waals surface area (Å²) in [4.78, 5) is 17.5. The molecule has 1 aliphatic carbocycles. The topological polar surface area (TPSA) is 77.9 Å². The maximum atomic E-state index is 10.1. The summed E-state index contributed by atoms with van der Waals surface area (Å²) in [6, 6.07) is 0.0613. The highest BCUT2D eigenvalue weighted by Crippen LogP contribution is 2.29. The van der Waals surface area contributed by atoms with Crippen molar-refractivity contribution in [1.82, 2.24) is 19.9 Å². The molecule has 1 aliphatic rings. The highest BCUT2D eigenvalue weighted by molar-refractivity contribution is 6.28. The van der Waals surface area contributed by atoms with E-state index in [1.807, 2.05) is 11.9 Å². The lowest BCUT2D eigenvalue weighted by Crippen LogP contribution is -2.44. The summed E-state index contributed by atoms with van der Waals surface area (Å²) in [5.74, 6) is 0.693. The molecule has 0 aliphatic heterocycles. The van der Waals surface area contributed by atoms with Gasteiger partial charge in [-0.3, -0.25) is 0 Å². The molecule has 0 bridgehead atoms. The summed E-state index contributed by atoms with van der Waals surface area (Å²) >= 11 is 5.93. The van der Waals surface area contributed by atoms with E-state index in [1.165, 1.54) is 0 Å². The van der Waals surface area contributed by atoms with Crippen molar-refractivity contribution in [3.63, 3.8) is 0 Å². The lowest BCUT2D eigenvalue weighted by Gasteiger charge is -2.35. The summed E-state index contributed by atoms with van der Waals surface area (Å²) in [6.45, 7) is 0. The van der Waals surface area contributed by atoms with Gasteiger partial charge in [0, 0.05) is 7.05 Å². The Labute approximate surface area is 115 Å². The minimum Gasteiger partial charge on any atom is -0.391 e. The third-order valence-electron chi connectivity index (χ3n) is 3.76. The number of fused-ring (bicyclic) bond motifs is 1. The van der Waals surface area contributed by atoms with E-state index in [1.54, 1.807) is 6.33 Å². The minimum atomic E-state index is -0.328. The number of anilines is 1. The Hall–Kier alpha value is -1.40. The Morgan fingerprint density at radius 2 is 2.16 bits per heavy atom. The SMILES string of the molecule is CN(c1nc(Cl)nc2nc[nH]c12)C1CCCCC1O. The van der Waals surface area contributed by atoms with Gasteiger partial charge in [-0.25, -0.2) is 4.98 Å². The molecule has 0 spiro atoms. The summed E-state index contributed by atoms with van der Waals surface area (Å²) in [7, 11) is 1.93. The molecule has 0 saturated heterocycles. The first-order valence-electron chi connectivity index (χ1n) is 6.44. The van der Waals surface area contributed by atoms with Gasteiger partial charge in [-0.2, -0.15) is 9.97 Å². The average Bonchev–Trinajstić information content (AvgIpc) is 2.85. The number of likely N-dealkylation sites (N-methyl/N-ethyl adjacent to an activating group) is 1. The molecule has 7 heteroatoms. The van der Waals surface area contributed by atoms with Crippen molar-refractivity contribution in [2.75, 3.05) is 11.9 Å². The summed E-state index contributed by atoms with van der Waals surface area (Å²) in [6.07, 6.45) is 5.23. The lowest BCUT2D eigenvalue weighted by molar-refractivity contribution is 0.106. The van der Waals surface area contributed by atoms with Gasteiger partial charge < -0.3 is 15.0 Å². The van der Waals surface area contributed by atoms with Crippen LogP contribution in [0.15, 0.2) is 6.33 Å². The van der Waals surface area contributed by atoms with E-state index < -0.39 is 0 Å². The zero-order chi connectivity index (χ0) is 13.4. The molecule has 6 nitrogen and oxygen atoms in total. The van der Waals surface area contributed by atoms with Crippen LogP contribution < -0.4 is 4.90 Å². The van der Waals surface area contributed by atoms with Crippen molar-refractivity contribution in [1.29, 1.82) is 0 Å². The number of rotatable bonds is 2.